The first-order chi connectivity index (χ1) is 11.0. The van der Waals surface area contributed by atoms with Crippen LogP contribution in [0.1, 0.15) is 0 Å². The highest BCUT2D eigenvalue weighted by atomic mass is 35.5. The summed E-state index contributed by atoms with van der Waals surface area (Å²) in [6.45, 7) is 0.128. The summed E-state index contributed by atoms with van der Waals surface area (Å²) in [5.41, 5.74) is 6.74. The van der Waals surface area contributed by atoms with Gasteiger partial charge in [0, 0.05) is 17.4 Å². The molecular formula is C15H12ClN3O4. The Bertz CT molecular complexity index is 794. The molecule has 2 aromatic carbocycles. The Morgan fingerprint density at radius 1 is 1.00 bits per heavy atom. The largest absolute Gasteiger partial charge is 0.454 e. The van der Waals surface area contributed by atoms with E-state index in [-0.39, 0.29) is 11.8 Å². The van der Waals surface area contributed by atoms with Crippen molar-refractivity contribution < 1.29 is 19.1 Å². The number of carbonyl (C=O) groups excluding carboxylic acids is 2. The van der Waals surface area contributed by atoms with Crippen molar-refractivity contribution in [2.75, 3.05) is 23.2 Å². The number of hydrogen-bond acceptors (Lipinski definition) is 5. The highest BCUT2D eigenvalue weighted by Gasteiger charge is 2.18. The highest BCUT2D eigenvalue weighted by molar-refractivity contribution is 6.44. The van der Waals surface area contributed by atoms with Crippen molar-refractivity contribution in [2.24, 2.45) is 0 Å². The maximum Gasteiger partial charge on any atom is 0.314 e. The van der Waals surface area contributed by atoms with E-state index < -0.39 is 11.8 Å². The van der Waals surface area contributed by atoms with E-state index in [2.05, 4.69) is 10.6 Å². The summed E-state index contributed by atoms with van der Waals surface area (Å²) in [5, 5.41) is 5.13. The van der Waals surface area contributed by atoms with Crippen LogP contribution in [-0.4, -0.2) is 18.6 Å². The Morgan fingerprint density at radius 2 is 1.74 bits per heavy atom. The molecule has 2 amide bonds. The predicted molar refractivity (Wildman–Crippen MR) is 85.7 cm³/mol. The maximum atomic E-state index is 11.9. The topological polar surface area (TPSA) is 103 Å². The zero-order valence-corrected chi connectivity index (χ0v) is 12.5. The molecule has 0 aliphatic carbocycles. The lowest BCUT2D eigenvalue weighted by atomic mass is 10.2. The SMILES string of the molecule is Nc1ccc(NC(=O)C(=O)Nc2ccc3c(c2)OCO3)c(Cl)c1. The van der Waals surface area contributed by atoms with Gasteiger partial charge in [-0.1, -0.05) is 11.6 Å². The second-order valence-electron chi connectivity index (χ2n) is 4.72. The molecule has 7 nitrogen and oxygen atoms in total. The molecule has 118 valence electrons. The third-order valence-corrected chi connectivity index (χ3v) is 3.39. The second-order valence-corrected chi connectivity index (χ2v) is 5.12. The van der Waals surface area contributed by atoms with Gasteiger partial charge in [-0.25, -0.2) is 0 Å². The van der Waals surface area contributed by atoms with Crippen molar-refractivity contribution in [1.82, 2.24) is 0 Å². The van der Waals surface area contributed by atoms with Crippen LogP contribution >= 0.6 is 11.6 Å². The first-order valence-corrected chi connectivity index (χ1v) is 6.98. The normalized spacial score (nSPS) is 11.9. The number of nitrogens with two attached hydrogens (primary N) is 1. The van der Waals surface area contributed by atoms with Crippen molar-refractivity contribution in [1.29, 1.82) is 0 Å². The molecule has 0 atom stereocenters. The molecule has 0 spiro atoms. The molecule has 0 saturated carbocycles. The number of amides is 2. The monoisotopic (exact) mass is 333 g/mol. The number of ether oxygens (including phenoxy) is 2. The van der Waals surface area contributed by atoms with Gasteiger partial charge in [0.15, 0.2) is 11.5 Å². The van der Waals surface area contributed by atoms with E-state index in [9.17, 15) is 9.59 Å². The number of nitrogens with one attached hydrogen (secondary N) is 2. The van der Waals surface area contributed by atoms with Crippen LogP contribution in [0.3, 0.4) is 0 Å². The first kappa shape index (κ1) is 15.0. The molecule has 0 aromatic heterocycles. The smallest absolute Gasteiger partial charge is 0.314 e. The number of rotatable bonds is 2. The minimum Gasteiger partial charge on any atom is -0.454 e. The van der Waals surface area contributed by atoms with Crippen molar-refractivity contribution in [3.05, 3.63) is 41.4 Å². The number of carbonyl (C=O) groups is 2. The third-order valence-electron chi connectivity index (χ3n) is 3.08. The van der Waals surface area contributed by atoms with Crippen LogP contribution in [0.5, 0.6) is 11.5 Å². The van der Waals surface area contributed by atoms with E-state index in [4.69, 9.17) is 26.8 Å². The van der Waals surface area contributed by atoms with Crippen molar-refractivity contribution in [3.8, 4) is 11.5 Å². The van der Waals surface area contributed by atoms with Gasteiger partial charge in [-0.3, -0.25) is 9.59 Å². The lowest BCUT2D eigenvalue weighted by Gasteiger charge is -2.09. The molecular weight excluding hydrogens is 322 g/mol. The van der Waals surface area contributed by atoms with E-state index in [1.807, 2.05) is 0 Å². The zero-order valence-electron chi connectivity index (χ0n) is 11.8. The zero-order chi connectivity index (χ0) is 16.4. The molecule has 0 bridgehead atoms. The lowest BCUT2D eigenvalue weighted by Crippen LogP contribution is -2.29. The van der Waals surface area contributed by atoms with Crippen LogP contribution in [0.15, 0.2) is 36.4 Å². The van der Waals surface area contributed by atoms with Crippen LogP contribution in [0.4, 0.5) is 17.1 Å². The maximum absolute atomic E-state index is 11.9. The number of halogens is 1. The van der Waals surface area contributed by atoms with Crippen molar-refractivity contribution in [3.63, 3.8) is 0 Å². The van der Waals surface area contributed by atoms with Crippen LogP contribution in [-0.2, 0) is 9.59 Å². The minimum atomic E-state index is -0.852. The molecule has 1 aliphatic rings. The molecule has 23 heavy (non-hydrogen) atoms. The van der Waals surface area contributed by atoms with E-state index in [0.29, 0.717) is 28.6 Å². The summed E-state index contributed by atoms with van der Waals surface area (Å²) in [7, 11) is 0. The van der Waals surface area contributed by atoms with Gasteiger partial charge in [0.25, 0.3) is 0 Å². The van der Waals surface area contributed by atoms with Gasteiger partial charge in [0.1, 0.15) is 0 Å². The Labute approximate surface area is 136 Å². The molecule has 1 heterocycles. The van der Waals surface area contributed by atoms with Gasteiger partial charge in [-0.15, -0.1) is 0 Å². The van der Waals surface area contributed by atoms with Gasteiger partial charge in [-0.2, -0.15) is 0 Å². The van der Waals surface area contributed by atoms with Gasteiger partial charge in [0.2, 0.25) is 6.79 Å². The fourth-order valence-corrected chi connectivity index (χ4v) is 2.21. The van der Waals surface area contributed by atoms with Gasteiger partial charge < -0.3 is 25.8 Å². The first-order valence-electron chi connectivity index (χ1n) is 6.60. The van der Waals surface area contributed by atoms with Gasteiger partial charge in [-0.05, 0) is 30.3 Å². The summed E-state index contributed by atoms with van der Waals surface area (Å²) < 4.78 is 10.4. The van der Waals surface area contributed by atoms with Crippen LogP contribution in [0, 0.1) is 0 Å². The Morgan fingerprint density at radius 3 is 2.52 bits per heavy atom. The summed E-state index contributed by atoms with van der Waals surface area (Å²) >= 11 is 5.95. The Hall–Kier alpha value is -2.93. The fraction of sp³-hybridized carbons (Fsp3) is 0.0667. The van der Waals surface area contributed by atoms with Crippen LogP contribution < -0.4 is 25.8 Å². The van der Waals surface area contributed by atoms with Crippen LogP contribution in [0.2, 0.25) is 5.02 Å². The summed E-state index contributed by atoms with van der Waals surface area (Å²) in [4.78, 5) is 23.9. The summed E-state index contributed by atoms with van der Waals surface area (Å²) in [6.07, 6.45) is 0. The van der Waals surface area contributed by atoms with Crippen molar-refractivity contribution >= 4 is 40.5 Å². The molecule has 8 heteroatoms. The Kier molecular flexibility index (Phi) is 3.94. The molecule has 0 fully saturated rings. The molecule has 4 N–H and O–H groups in total. The number of fused-ring (bicyclic) bond motifs is 1. The van der Waals surface area contributed by atoms with Crippen molar-refractivity contribution in [2.45, 2.75) is 0 Å². The summed E-state index contributed by atoms with van der Waals surface area (Å²) in [5.74, 6) is -0.600. The number of hydrogen-bond donors (Lipinski definition) is 3. The van der Waals surface area contributed by atoms with E-state index >= 15 is 0 Å². The lowest BCUT2D eigenvalue weighted by molar-refractivity contribution is -0.132. The average Bonchev–Trinajstić information content (AvgIpc) is 2.97. The number of benzene rings is 2. The van der Waals surface area contributed by atoms with Gasteiger partial charge >= 0.3 is 11.8 Å². The second kappa shape index (κ2) is 6.05. The third kappa shape index (κ3) is 3.29. The molecule has 1 aliphatic heterocycles. The fourth-order valence-electron chi connectivity index (χ4n) is 1.97. The molecule has 0 radical (unpaired) electrons. The summed E-state index contributed by atoms with van der Waals surface area (Å²) in [6, 6.07) is 9.39. The standard InChI is InChI=1S/C15H12ClN3O4/c16-10-5-8(17)1-3-11(10)19-15(21)14(20)18-9-2-4-12-13(6-9)23-7-22-12/h1-6H,7,17H2,(H,18,20)(H,19,21). The molecule has 0 unspecified atom stereocenters. The molecule has 2 aromatic rings. The predicted octanol–water partition coefficient (Wildman–Crippen LogP) is 2.23. The van der Waals surface area contributed by atoms with Crippen LogP contribution in [0.25, 0.3) is 0 Å². The average molecular weight is 334 g/mol. The van der Waals surface area contributed by atoms with E-state index in [1.54, 1.807) is 24.3 Å². The molecule has 3 rings (SSSR count). The minimum absolute atomic E-state index is 0.128. The van der Waals surface area contributed by atoms with E-state index in [0.717, 1.165) is 0 Å². The van der Waals surface area contributed by atoms with E-state index in [1.165, 1.54) is 12.1 Å². The quantitative estimate of drug-likeness (QED) is 0.577. The molecule has 0 saturated heterocycles. The number of anilines is 3. The Balaban J connectivity index is 1.67. The highest BCUT2D eigenvalue weighted by Crippen LogP contribution is 2.34. The number of nitrogen functional groups attached to an aromatic ring is 1. The van der Waals surface area contributed by atoms with Gasteiger partial charge in [0.05, 0.1) is 10.7 Å².